The van der Waals surface area contributed by atoms with E-state index in [-0.39, 0.29) is 5.92 Å². The summed E-state index contributed by atoms with van der Waals surface area (Å²) in [6.07, 6.45) is 13.1. The zero-order valence-electron chi connectivity index (χ0n) is 18.5. The van der Waals surface area contributed by atoms with Crippen LogP contribution in [-0.2, 0) is 4.79 Å². The summed E-state index contributed by atoms with van der Waals surface area (Å²) in [6, 6.07) is 0. The van der Waals surface area contributed by atoms with Gasteiger partial charge in [-0.15, -0.1) is 0 Å². The van der Waals surface area contributed by atoms with Crippen LogP contribution < -0.4 is 0 Å². The second-order valence-corrected chi connectivity index (χ2v) is 11.4. The van der Waals surface area contributed by atoms with Crippen LogP contribution in [-0.4, -0.2) is 17.1 Å². The third-order valence-corrected chi connectivity index (χ3v) is 10.4. The maximum Gasteiger partial charge on any atom is 0.247 e. The maximum atomic E-state index is 11.7. The van der Waals surface area contributed by atoms with Gasteiger partial charge in [-0.3, -0.25) is 4.79 Å². The molecule has 0 heterocycles. The minimum atomic E-state index is -1.16. The molecular weight excluding hydrogens is 362 g/mol. The Morgan fingerprint density at radius 1 is 1.07 bits per heavy atom. The average Bonchev–Trinajstić information content (AvgIpc) is 3.05. The molecule has 0 bridgehead atoms. The molecule has 29 heavy (non-hydrogen) atoms. The van der Waals surface area contributed by atoms with Crippen molar-refractivity contribution in [2.24, 2.45) is 51.5 Å². The van der Waals surface area contributed by atoms with E-state index in [0.717, 1.165) is 23.7 Å². The molecule has 9 atom stereocenters. The summed E-state index contributed by atoms with van der Waals surface area (Å²) in [4.78, 5) is 14.3. The SMILES string of the molecule is C[C@H](CC(O)C(=O)N=[N+]=[N-])[C@H]1CC[C@H]2[C@@H]3CC[C@@H]4CCCC[C@]4(C)[C@H]3CC[C@]12C. The van der Waals surface area contributed by atoms with Gasteiger partial charge in [0, 0.05) is 4.91 Å². The minimum Gasteiger partial charge on any atom is -0.385 e. The van der Waals surface area contributed by atoms with Gasteiger partial charge in [-0.25, -0.2) is 0 Å². The summed E-state index contributed by atoms with van der Waals surface area (Å²) in [5, 5.41) is 13.3. The van der Waals surface area contributed by atoms with Crippen LogP contribution in [0.25, 0.3) is 10.4 Å². The van der Waals surface area contributed by atoms with E-state index in [4.69, 9.17) is 5.53 Å². The highest BCUT2D eigenvalue weighted by Gasteiger charge is 2.60. The van der Waals surface area contributed by atoms with Crippen LogP contribution in [0.15, 0.2) is 5.11 Å². The van der Waals surface area contributed by atoms with Crippen LogP contribution in [0.1, 0.15) is 91.4 Å². The summed E-state index contributed by atoms with van der Waals surface area (Å²) in [5.41, 5.74) is 9.37. The first-order chi connectivity index (χ1) is 13.8. The molecule has 4 rings (SSSR count). The van der Waals surface area contributed by atoms with Crippen molar-refractivity contribution in [3.63, 3.8) is 0 Å². The van der Waals surface area contributed by atoms with Crippen molar-refractivity contribution in [3.8, 4) is 0 Å². The summed E-state index contributed by atoms with van der Waals surface area (Å²) in [6.45, 7) is 7.33. The third kappa shape index (κ3) is 3.43. The molecule has 4 aliphatic rings. The number of amides is 1. The van der Waals surface area contributed by atoms with E-state index in [1.807, 2.05) is 0 Å². The predicted octanol–water partition coefficient (Wildman–Crippen LogP) is 6.26. The molecule has 0 aromatic rings. The standard InChI is InChI=1S/C24H39N3O2/c1-15(14-21(28)22(29)26-27-25)18-9-10-19-17-8-7-16-6-4-5-12-23(16,2)20(17)11-13-24(18,19)3/h15-21,28H,4-14H2,1-3H3/t15-,16+,17+,18-,19+,20+,21?,23+,24-/m1/s1. The van der Waals surface area contributed by atoms with Crippen molar-refractivity contribution in [1.29, 1.82) is 0 Å². The molecule has 0 spiro atoms. The van der Waals surface area contributed by atoms with E-state index >= 15 is 0 Å². The molecule has 1 amide bonds. The van der Waals surface area contributed by atoms with Gasteiger partial charge >= 0.3 is 0 Å². The monoisotopic (exact) mass is 401 g/mol. The highest BCUT2D eigenvalue weighted by atomic mass is 16.3. The molecule has 0 aromatic heterocycles. The number of fused-ring (bicyclic) bond motifs is 5. The molecule has 0 radical (unpaired) electrons. The van der Waals surface area contributed by atoms with Crippen molar-refractivity contribution >= 4 is 5.91 Å². The fourth-order valence-corrected chi connectivity index (χ4v) is 9.00. The Kier molecular flexibility index (Phi) is 5.76. The molecule has 4 fully saturated rings. The largest absolute Gasteiger partial charge is 0.385 e. The number of aliphatic hydroxyl groups excluding tert-OH is 1. The van der Waals surface area contributed by atoms with Crippen LogP contribution >= 0.6 is 0 Å². The van der Waals surface area contributed by atoms with E-state index in [9.17, 15) is 9.90 Å². The topological polar surface area (TPSA) is 86.1 Å². The van der Waals surface area contributed by atoms with Crippen LogP contribution in [0.4, 0.5) is 0 Å². The Morgan fingerprint density at radius 3 is 2.59 bits per heavy atom. The molecule has 0 aromatic carbocycles. The Morgan fingerprint density at radius 2 is 1.83 bits per heavy atom. The number of carbonyl (C=O) groups excluding carboxylic acids is 1. The second kappa shape index (κ2) is 7.89. The van der Waals surface area contributed by atoms with Gasteiger partial charge in [0.25, 0.3) is 0 Å². The van der Waals surface area contributed by atoms with Gasteiger partial charge in [0.05, 0.1) is 0 Å². The number of nitrogens with zero attached hydrogens (tertiary/aromatic N) is 3. The van der Waals surface area contributed by atoms with Crippen LogP contribution in [0.5, 0.6) is 0 Å². The minimum absolute atomic E-state index is 0.274. The van der Waals surface area contributed by atoms with E-state index in [1.54, 1.807) is 0 Å². The van der Waals surface area contributed by atoms with Gasteiger partial charge in [-0.2, -0.15) is 0 Å². The van der Waals surface area contributed by atoms with Gasteiger partial charge in [-0.1, -0.05) is 33.6 Å². The zero-order chi connectivity index (χ0) is 20.8. The van der Waals surface area contributed by atoms with Gasteiger partial charge in [0.1, 0.15) is 6.10 Å². The quantitative estimate of drug-likeness (QED) is 0.342. The molecule has 4 saturated carbocycles. The van der Waals surface area contributed by atoms with Gasteiger partial charge < -0.3 is 5.11 Å². The number of hydrogen-bond donors (Lipinski definition) is 1. The molecule has 5 nitrogen and oxygen atoms in total. The van der Waals surface area contributed by atoms with E-state index < -0.39 is 12.0 Å². The number of hydrogen-bond acceptors (Lipinski definition) is 2. The zero-order valence-corrected chi connectivity index (χ0v) is 18.5. The highest BCUT2D eigenvalue weighted by molar-refractivity contribution is 5.81. The number of azide groups is 1. The lowest BCUT2D eigenvalue weighted by molar-refractivity contribution is -0.128. The number of carbonyl (C=O) groups is 1. The molecule has 5 heteroatoms. The van der Waals surface area contributed by atoms with Gasteiger partial charge in [0.15, 0.2) is 0 Å². The van der Waals surface area contributed by atoms with Crippen LogP contribution in [0.3, 0.4) is 0 Å². The lowest BCUT2D eigenvalue weighted by Crippen LogP contribution is -2.53. The molecule has 1 unspecified atom stereocenters. The lowest BCUT2D eigenvalue weighted by atomic mass is 9.44. The van der Waals surface area contributed by atoms with E-state index in [0.29, 0.717) is 23.2 Å². The first-order valence-corrected chi connectivity index (χ1v) is 12.1. The molecular formula is C24H39N3O2. The summed E-state index contributed by atoms with van der Waals surface area (Å²) < 4.78 is 0. The van der Waals surface area contributed by atoms with Crippen LogP contribution in [0.2, 0.25) is 0 Å². The van der Waals surface area contributed by atoms with Crippen molar-refractivity contribution in [2.75, 3.05) is 0 Å². The summed E-state index contributed by atoms with van der Waals surface area (Å²) in [7, 11) is 0. The predicted molar refractivity (Wildman–Crippen MR) is 114 cm³/mol. The summed E-state index contributed by atoms with van der Waals surface area (Å²) in [5.74, 6) is 3.64. The number of rotatable bonds is 4. The van der Waals surface area contributed by atoms with E-state index in [1.165, 1.54) is 64.2 Å². The second-order valence-electron chi connectivity index (χ2n) is 11.4. The Labute approximate surface area is 175 Å². The van der Waals surface area contributed by atoms with Gasteiger partial charge in [0.2, 0.25) is 5.91 Å². The highest BCUT2D eigenvalue weighted by Crippen LogP contribution is 2.68. The first kappa shape index (κ1) is 21.2. The normalized spacial score (nSPS) is 45.9. The third-order valence-electron chi connectivity index (χ3n) is 10.4. The fourth-order valence-electron chi connectivity index (χ4n) is 9.00. The maximum absolute atomic E-state index is 11.7. The Balaban J connectivity index is 1.49. The van der Waals surface area contributed by atoms with Crippen molar-refractivity contribution < 1.29 is 9.90 Å². The summed E-state index contributed by atoms with van der Waals surface area (Å²) >= 11 is 0. The lowest BCUT2D eigenvalue weighted by Gasteiger charge is -2.61. The Hall–Kier alpha value is -1.06. The molecule has 0 aliphatic heterocycles. The Bertz CT molecular complexity index is 690. The van der Waals surface area contributed by atoms with Crippen molar-refractivity contribution in [2.45, 2.75) is 97.5 Å². The molecule has 0 saturated heterocycles. The molecule has 4 aliphatic carbocycles. The smallest absolute Gasteiger partial charge is 0.247 e. The molecule has 1 N–H and O–H groups in total. The van der Waals surface area contributed by atoms with Gasteiger partial charge in [-0.05, 0) is 115 Å². The van der Waals surface area contributed by atoms with Crippen LogP contribution in [0, 0.1) is 46.3 Å². The molecule has 162 valence electrons. The number of aliphatic hydroxyl groups is 1. The first-order valence-electron chi connectivity index (χ1n) is 12.1. The van der Waals surface area contributed by atoms with Crippen molar-refractivity contribution in [3.05, 3.63) is 10.4 Å². The fraction of sp³-hybridized carbons (Fsp3) is 0.958. The van der Waals surface area contributed by atoms with Crippen molar-refractivity contribution in [1.82, 2.24) is 0 Å². The van der Waals surface area contributed by atoms with E-state index in [2.05, 4.69) is 30.8 Å². The average molecular weight is 402 g/mol.